The Labute approximate surface area is 124 Å². The molecule has 0 saturated carbocycles. The normalized spacial score (nSPS) is 18.1. The molecule has 112 valence electrons. The summed E-state index contributed by atoms with van der Waals surface area (Å²) < 4.78 is 0. The molecule has 0 heterocycles. The zero-order valence-corrected chi connectivity index (χ0v) is 13.4. The van der Waals surface area contributed by atoms with E-state index in [1.54, 1.807) is 11.1 Å². The Morgan fingerprint density at radius 2 is 1.90 bits per heavy atom. The van der Waals surface area contributed by atoms with Gasteiger partial charge in [-0.1, -0.05) is 26.0 Å². The number of benzene rings is 1. The molecule has 1 aliphatic carbocycles. The van der Waals surface area contributed by atoms with Crippen LogP contribution in [0.15, 0.2) is 18.2 Å². The van der Waals surface area contributed by atoms with Crippen LogP contribution < -0.4 is 5.32 Å². The third-order valence-corrected chi connectivity index (χ3v) is 4.36. The molecule has 1 aromatic carbocycles. The Morgan fingerprint density at radius 1 is 1.15 bits per heavy atom. The molecule has 0 saturated heterocycles. The summed E-state index contributed by atoms with van der Waals surface area (Å²) in [6.07, 6.45) is 6.30. The molecular weight excluding hydrogens is 244 g/mol. The molecule has 2 heteroatoms. The number of nitrogens with one attached hydrogen (secondary N) is 1. The van der Waals surface area contributed by atoms with Crippen LogP contribution in [0.25, 0.3) is 0 Å². The second kappa shape index (κ2) is 7.68. The Hall–Kier alpha value is -1.02. The Kier molecular flexibility index (Phi) is 5.90. The Bertz CT molecular complexity index is 408. The van der Waals surface area contributed by atoms with Crippen LogP contribution in [0.4, 0.5) is 5.69 Å². The molecule has 1 aromatic rings. The van der Waals surface area contributed by atoms with Gasteiger partial charge in [0, 0.05) is 18.3 Å². The molecule has 2 nitrogen and oxygen atoms in total. The van der Waals surface area contributed by atoms with Gasteiger partial charge >= 0.3 is 0 Å². The van der Waals surface area contributed by atoms with Crippen molar-refractivity contribution in [1.82, 2.24) is 4.90 Å². The first-order valence-corrected chi connectivity index (χ1v) is 8.38. The van der Waals surface area contributed by atoms with E-state index in [0.717, 1.165) is 12.6 Å². The molecule has 1 aliphatic rings. The van der Waals surface area contributed by atoms with Crippen LogP contribution in [0, 0.1) is 0 Å². The molecule has 0 spiro atoms. The van der Waals surface area contributed by atoms with Crippen molar-refractivity contribution in [3.63, 3.8) is 0 Å². The highest BCUT2D eigenvalue weighted by atomic mass is 15.1. The molecule has 0 aromatic heterocycles. The lowest BCUT2D eigenvalue weighted by Crippen LogP contribution is -2.40. The van der Waals surface area contributed by atoms with Gasteiger partial charge in [0.2, 0.25) is 0 Å². The predicted molar refractivity (Wildman–Crippen MR) is 88.6 cm³/mol. The van der Waals surface area contributed by atoms with Gasteiger partial charge < -0.3 is 10.2 Å². The number of anilines is 1. The van der Waals surface area contributed by atoms with Crippen molar-refractivity contribution in [1.29, 1.82) is 0 Å². The van der Waals surface area contributed by atoms with E-state index in [-0.39, 0.29) is 0 Å². The maximum atomic E-state index is 3.52. The molecule has 1 unspecified atom stereocenters. The minimum atomic E-state index is 0.749. The second-order valence-corrected chi connectivity index (χ2v) is 5.91. The molecule has 0 fully saturated rings. The van der Waals surface area contributed by atoms with Gasteiger partial charge in [0.15, 0.2) is 0 Å². The summed E-state index contributed by atoms with van der Waals surface area (Å²) in [6, 6.07) is 7.53. The van der Waals surface area contributed by atoms with Gasteiger partial charge in [-0.2, -0.15) is 0 Å². The highest BCUT2D eigenvalue weighted by Gasteiger charge is 2.24. The summed E-state index contributed by atoms with van der Waals surface area (Å²) in [5, 5.41) is 3.52. The third kappa shape index (κ3) is 3.54. The van der Waals surface area contributed by atoms with E-state index in [2.05, 4.69) is 49.2 Å². The van der Waals surface area contributed by atoms with E-state index < -0.39 is 0 Å². The molecule has 0 amide bonds. The fourth-order valence-electron chi connectivity index (χ4n) is 3.51. The van der Waals surface area contributed by atoms with E-state index in [4.69, 9.17) is 0 Å². The highest BCUT2D eigenvalue weighted by Crippen LogP contribution is 2.30. The van der Waals surface area contributed by atoms with Crippen molar-refractivity contribution in [2.24, 2.45) is 0 Å². The van der Waals surface area contributed by atoms with Gasteiger partial charge in [-0.05, 0) is 69.3 Å². The average Bonchev–Trinajstić information content (AvgIpc) is 2.47. The van der Waals surface area contributed by atoms with Crippen molar-refractivity contribution in [2.45, 2.75) is 58.9 Å². The van der Waals surface area contributed by atoms with E-state index in [1.165, 1.54) is 50.9 Å². The summed E-state index contributed by atoms with van der Waals surface area (Å²) in [7, 11) is 0. The van der Waals surface area contributed by atoms with Crippen LogP contribution in [0.1, 0.15) is 51.2 Å². The van der Waals surface area contributed by atoms with Gasteiger partial charge in [-0.25, -0.2) is 0 Å². The molecule has 0 aliphatic heterocycles. The van der Waals surface area contributed by atoms with Gasteiger partial charge in [0.1, 0.15) is 0 Å². The number of hydrogen-bond donors (Lipinski definition) is 1. The molecule has 2 rings (SSSR count). The topological polar surface area (TPSA) is 15.3 Å². The zero-order valence-electron chi connectivity index (χ0n) is 13.4. The molecule has 1 N–H and O–H groups in total. The summed E-state index contributed by atoms with van der Waals surface area (Å²) >= 11 is 0. The van der Waals surface area contributed by atoms with E-state index in [9.17, 15) is 0 Å². The van der Waals surface area contributed by atoms with Crippen LogP contribution in [-0.2, 0) is 12.8 Å². The molecule has 1 atom stereocenters. The smallest absolute Gasteiger partial charge is 0.0375 e. The fraction of sp³-hybridized carbons (Fsp3) is 0.667. The Morgan fingerprint density at radius 3 is 2.55 bits per heavy atom. The number of nitrogens with zero attached hydrogens (tertiary/aromatic N) is 1. The largest absolute Gasteiger partial charge is 0.385 e. The number of hydrogen-bond acceptors (Lipinski definition) is 2. The van der Waals surface area contributed by atoms with Crippen molar-refractivity contribution < 1.29 is 0 Å². The van der Waals surface area contributed by atoms with Crippen molar-refractivity contribution in [3.8, 4) is 0 Å². The summed E-state index contributed by atoms with van der Waals surface area (Å²) in [6.45, 7) is 10.3. The lowest BCUT2D eigenvalue weighted by atomic mass is 9.86. The predicted octanol–water partition coefficient (Wildman–Crippen LogP) is 4.10. The lowest BCUT2D eigenvalue weighted by Gasteiger charge is -2.35. The van der Waals surface area contributed by atoms with Crippen LogP contribution in [-0.4, -0.2) is 30.6 Å². The minimum Gasteiger partial charge on any atom is -0.385 e. The van der Waals surface area contributed by atoms with Gasteiger partial charge in [-0.3, -0.25) is 0 Å². The van der Waals surface area contributed by atoms with E-state index in [1.807, 2.05) is 0 Å². The zero-order chi connectivity index (χ0) is 14.4. The monoisotopic (exact) mass is 274 g/mol. The number of rotatable bonds is 7. The van der Waals surface area contributed by atoms with Gasteiger partial charge in [0.05, 0.1) is 0 Å². The maximum Gasteiger partial charge on any atom is 0.0375 e. The van der Waals surface area contributed by atoms with Crippen LogP contribution in [0.3, 0.4) is 0 Å². The average molecular weight is 274 g/mol. The highest BCUT2D eigenvalue weighted by molar-refractivity contribution is 5.55. The summed E-state index contributed by atoms with van der Waals surface area (Å²) in [4.78, 5) is 2.71. The van der Waals surface area contributed by atoms with Crippen LogP contribution in [0.2, 0.25) is 0 Å². The quantitative estimate of drug-likeness (QED) is 0.805. The van der Waals surface area contributed by atoms with Crippen molar-refractivity contribution in [3.05, 3.63) is 29.3 Å². The van der Waals surface area contributed by atoms with E-state index in [0.29, 0.717) is 0 Å². The first-order chi connectivity index (χ1) is 9.80. The fourth-order valence-corrected chi connectivity index (χ4v) is 3.51. The van der Waals surface area contributed by atoms with Gasteiger partial charge in [0.25, 0.3) is 0 Å². The molecular formula is C18H30N2. The first kappa shape index (κ1) is 15.4. The first-order valence-electron chi connectivity index (χ1n) is 8.38. The summed E-state index contributed by atoms with van der Waals surface area (Å²) in [5.41, 5.74) is 4.50. The van der Waals surface area contributed by atoms with Crippen LogP contribution in [0.5, 0.6) is 0 Å². The van der Waals surface area contributed by atoms with Gasteiger partial charge in [-0.15, -0.1) is 0 Å². The maximum absolute atomic E-state index is 3.52. The summed E-state index contributed by atoms with van der Waals surface area (Å²) in [5.74, 6) is 0. The molecule has 0 radical (unpaired) electrons. The number of fused-ring (bicyclic) bond motifs is 1. The third-order valence-electron chi connectivity index (χ3n) is 4.36. The second-order valence-electron chi connectivity index (χ2n) is 5.91. The molecule has 0 bridgehead atoms. The standard InChI is InChI=1S/C18H30N2/c1-4-12-20(13-5-2)16-10-11-17-15(14-16)8-7-9-18(17)19-6-3/h7-9,16,19H,4-6,10-14H2,1-3H3. The Balaban J connectivity index is 2.11. The van der Waals surface area contributed by atoms with Crippen molar-refractivity contribution >= 4 is 5.69 Å². The molecule has 20 heavy (non-hydrogen) atoms. The van der Waals surface area contributed by atoms with Crippen LogP contribution >= 0.6 is 0 Å². The van der Waals surface area contributed by atoms with Crippen molar-refractivity contribution in [2.75, 3.05) is 25.0 Å². The SMILES string of the molecule is CCCN(CCC)C1CCc2c(cccc2NCC)C1. The van der Waals surface area contributed by atoms with E-state index >= 15 is 0 Å². The lowest BCUT2D eigenvalue weighted by molar-refractivity contribution is 0.180. The minimum absolute atomic E-state index is 0.749.